The van der Waals surface area contributed by atoms with Gasteiger partial charge in [-0.15, -0.1) is 0 Å². The van der Waals surface area contributed by atoms with E-state index in [-0.39, 0.29) is 11.9 Å². The molecule has 1 amide bonds. The van der Waals surface area contributed by atoms with Crippen LogP contribution in [-0.4, -0.2) is 53.6 Å². The number of benzene rings is 1. The van der Waals surface area contributed by atoms with Crippen LogP contribution in [-0.2, 0) is 6.54 Å². The van der Waals surface area contributed by atoms with E-state index in [1.807, 2.05) is 17.0 Å². The van der Waals surface area contributed by atoms with Crippen molar-refractivity contribution in [2.45, 2.75) is 25.4 Å². The van der Waals surface area contributed by atoms with Crippen molar-refractivity contribution >= 4 is 5.91 Å². The fourth-order valence-corrected chi connectivity index (χ4v) is 4.02. The third-order valence-corrected chi connectivity index (χ3v) is 5.27. The quantitative estimate of drug-likeness (QED) is 0.855. The molecule has 1 aromatic heterocycles. The molecule has 25 heavy (non-hydrogen) atoms. The number of fused-ring (bicyclic) bond motifs is 4. The molecule has 2 aromatic rings. The van der Waals surface area contributed by atoms with E-state index < -0.39 is 0 Å². The number of piperidine rings is 1. The van der Waals surface area contributed by atoms with Gasteiger partial charge in [0.25, 0.3) is 5.91 Å². The molecule has 0 unspecified atom stereocenters. The van der Waals surface area contributed by atoms with Gasteiger partial charge in [-0.1, -0.05) is 17.3 Å². The third-order valence-electron chi connectivity index (χ3n) is 5.27. The summed E-state index contributed by atoms with van der Waals surface area (Å²) in [6.07, 6.45) is 3.71. The van der Waals surface area contributed by atoms with E-state index in [2.05, 4.69) is 22.2 Å². The monoisotopic (exact) mass is 341 g/mol. The number of methoxy groups -OCH3 is 1. The predicted molar refractivity (Wildman–Crippen MR) is 92.3 cm³/mol. The summed E-state index contributed by atoms with van der Waals surface area (Å²) >= 11 is 0. The van der Waals surface area contributed by atoms with Gasteiger partial charge in [-0.3, -0.25) is 9.69 Å². The van der Waals surface area contributed by atoms with Crippen molar-refractivity contribution in [3.05, 3.63) is 47.9 Å². The van der Waals surface area contributed by atoms with Crippen LogP contribution >= 0.6 is 0 Å². The average molecular weight is 341 g/mol. The number of amides is 1. The Morgan fingerprint density at radius 2 is 2.04 bits per heavy atom. The van der Waals surface area contributed by atoms with Crippen LogP contribution in [0.25, 0.3) is 0 Å². The molecule has 2 atom stereocenters. The van der Waals surface area contributed by atoms with Gasteiger partial charge in [0.1, 0.15) is 12.0 Å². The van der Waals surface area contributed by atoms with Crippen LogP contribution in [0.5, 0.6) is 5.75 Å². The maximum Gasteiger partial charge on any atom is 0.276 e. The van der Waals surface area contributed by atoms with Crippen LogP contribution in [0.1, 0.15) is 28.9 Å². The normalized spacial score (nSPS) is 23.5. The van der Waals surface area contributed by atoms with E-state index in [0.29, 0.717) is 11.6 Å². The van der Waals surface area contributed by atoms with Crippen LogP contribution in [0.2, 0.25) is 0 Å². The van der Waals surface area contributed by atoms with Gasteiger partial charge in [0.15, 0.2) is 5.69 Å². The first-order valence-corrected chi connectivity index (χ1v) is 8.79. The van der Waals surface area contributed by atoms with Crippen LogP contribution in [0, 0.1) is 5.92 Å². The minimum atomic E-state index is -0.00486. The van der Waals surface area contributed by atoms with E-state index in [0.717, 1.165) is 38.3 Å². The summed E-state index contributed by atoms with van der Waals surface area (Å²) in [6, 6.07) is 10.1. The molecule has 0 N–H and O–H groups in total. The van der Waals surface area contributed by atoms with Crippen molar-refractivity contribution in [3.8, 4) is 5.75 Å². The summed E-state index contributed by atoms with van der Waals surface area (Å²) < 4.78 is 10.1. The summed E-state index contributed by atoms with van der Waals surface area (Å²) in [5.74, 6) is 1.40. The smallest absolute Gasteiger partial charge is 0.276 e. The first kappa shape index (κ1) is 16.1. The molecule has 0 radical (unpaired) electrons. The molecular weight excluding hydrogens is 318 g/mol. The highest BCUT2D eigenvalue weighted by atomic mass is 16.5. The highest BCUT2D eigenvalue weighted by Gasteiger charge is 2.38. The van der Waals surface area contributed by atoms with Crippen molar-refractivity contribution < 1.29 is 14.1 Å². The molecule has 5 rings (SSSR count). The number of ether oxygens (including phenoxy) is 1. The Hall–Kier alpha value is -2.34. The Morgan fingerprint density at radius 1 is 1.20 bits per heavy atom. The van der Waals surface area contributed by atoms with Crippen LogP contribution < -0.4 is 4.74 Å². The van der Waals surface area contributed by atoms with Crippen molar-refractivity contribution in [1.29, 1.82) is 0 Å². The molecule has 6 heteroatoms. The van der Waals surface area contributed by atoms with E-state index in [9.17, 15) is 4.79 Å². The Labute approximate surface area is 147 Å². The molecular formula is C19H23N3O3. The zero-order chi connectivity index (χ0) is 17.2. The lowest BCUT2D eigenvalue weighted by Crippen LogP contribution is -2.47. The standard InChI is InChI=1S/C19H23N3O3/c1-24-17-6-3-14(4-7-17)10-21-11-15-2-5-16(13-21)22(12-15)19(23)18-8-9-25-20-18/h3-4,6-9,15-16H,2,5,10-13H2,1H3/t15-,16+/m1/s1. The maximum absolute atomic E-state index is 12.7. The van der Waals surface area contributed by atoms with E-state index in [1.165, 1.54) is 18.2 Å². The molecule has 2 bridgehead atoms. The van der Waals surface area contributed by atoms with Gasteiger partial charge in [0.2, 0.25) is 0 Å². The van der Waals surface area contributed by atoms with Crippen molar-refractivity contribution in [3.63, 3.8) is 0 Å². The molecule has 3 aliphatic rings. The minimum absolute atomic E-state index is 0.00486. The van der Waals surface area contributed by atoms with Crippen LogP contribution in [0.3, 0.4) is 0 Å². The Morgan fingerprint density at radius 3 is 2.76 bits per heavy atom. The molecule has 1 aromatic carbocycles. The largest absolute Gasteiger partial charge is 0.497 e. The zero-order valence-electron chi connectivity index (χ0n) is 14.4. The summed E-state index contributed by atoms with van der Waals surface area (Å²) in [6.45, 7) is 3.66. The Kier molecular flexibility index (Phi) is 4.44. The highest BCUT2D eigenvalue weighted by molar-refractivity contribution is 5.92. The lowest BCUT2D eigenvalue weighted by molar-refractivity contribution is 0.0574. The number of rotatable bonds is 4. The van der Waals surface area contributed by atoms with Gasteiger partial charge in [-0.25, -0.2) is 0 Å². The number of hydrogen-bond acceptors (Lipinski definition) is 5. The van der Waals surface area contributed by atoms with Gasteiger partial charge in [0, 0.05) is 38.3 Å². The molecule has 3 aliphatic heterocycles. The van der Waals surface area contributed by atoms with E-state index in [4.69, 9.17) is 9.26 Å². The second kappa shape index (κ2) is 6.88. The fourth-order valence-electron chi connectivity index (χ4n) is 4.02. The van der Waals surface area contributed by atoms with Crippen molar-refractivity contribution in [2.75, 3.05) is 26.7 Å². The lowest BCUT2D eigenvalue weighted by Gasteiger charge is -2.35. The number of nitrogens with zero attached hydrogens (tertiary/aromatic N) is 3. The van der Waals surface area contributed by atoms with Crippen LogP contribution in [0.15, 0.2) is 41.1 Å². The van der Waals surface area contributed by atoms with Crippen LogP contribution in [0.4, 0.5) is 0 Å². The van der Waals surface area contributed by atoms with Crippen molar-refractivity contribution in [1.82, 2.24) is 15.0 Å². The lowest BCUT2D eigenvalue weighted by atomic mass is 9.95. The van der Waals surface area contributed by atoms with Crippen molar-refractivity contribution in [2.24, 2.45) is 5.92 Å². The maximum atomic E-state index is 12.7. The second-order valence-corrected chi connectivity index (χ2v) is 6.98. The molecule has 3 saturated heterocycles. The highest BCUT2D eigenvalue weighted by Crippen LogP contribution is 2.30. The first-order chi connectivity index (χ1) is 12.2. The summed E-state index contributed by atoms with van der Waals surface area (Å²) in [4.78, 5) is 17.2. The van der Waals surface area contributed by atoms with Gasteiger partial charge in [0.05, 0.1) is 7.11 Å². The van der Waals surface area contributed by atoms with Gasteiger partial charge >= 0.3 is 0 Å². The first-order valence-electron chi connectivity index (χ1n) is 8.79. The second-order valence-electron chi connectivity index (χ2n) is 6.98. The zero-order valence-corrected chi connectivity index (χ0v) is 14.4. The molecule has 0 spiro atoms. The SMILES string of the molecule is COc1ccc(CN2C[C@H]3CC[C@@H](C2)N(C(=O)c2ccon2)C3)cc1. The van der Waals surface area contributed by atoms with Gasteiger partial charge in [-0.2, -0.15) is 0 Å². The summed E-state index contributed by atoms with van der Waals surface area (Å²) in [5.41, 5.74) is 1.69. The van der Waals surface area contributed by atoms with Gasteiger partial charge < -0.3 is 14.2 Å². The average Bonchev–Trinajstić information content (AvgIpc) is 3.04. The number of carbonyl (C=O) groups is 1. The topological polar surface area (TPSA) is 58.8 Å². The summed E-state index contributed by atoms with van der Waals surface area (Å²) in [7, 11) is 1.68. The molecule has 4 heterocycles. The fraction of sp³-hybridized carbons (Fsp3) is 0.474. The number of aromatic nitrogens is 1. The molecule has 0 saturated carbocycles. The Bertz CT molecular complexity index is 714. The molecule has 132 valence electrons. The number of hydrogen-bond donors (Lipinski definition) is 0. The third kappa shape index (κ3) is 3.39. The summed E-state index contributed by atoms with van der Waals surface area (Å²) in [5, 5.41) is 3.82. The molecule has 3 fully saturated rings. The minimum Gasteiger partial charge on any atom is -0.497 e. The van der Waals surface area contributed by atoms with Gasteiger partial charge in [-0.05, 0) is 36.5 Å². The molecule has 6 nitrogen and oxygen atoms in total. The predicted octanol–water partition coefficient (Wildman–Crippen LogP) is 2.42. The number of carbonyl (C=O) groups excluding carboxylic acids is 1. The van der Waals surface area contributed by atoms with E-state index >= 15 is 0 Å². The van der Waals surface area contributed by atoms with E-state index in [1.54, 1.807) is 13.2 Å². The molecule has 0 aliphatic carbocycles. The Balaban J connectivity index is 1.46.